The number of carbonyl (C=O) groups excluding carboxylic acids is 2. The summed E-state index contributed by atoms with van der Waals surface area (Å²) in [5.74, 6) is -0.512. The average molecular weight is 395 g/mol. The highest BCUT2D eigenvalue weighted by Crippen LogP contribution is 2.25. The smallest absolute Gasteiger partial charge is 0.363 e. The lowest BCUT2D eigenvalue weighted by molar-refractivity contribution is -0.130. The van der Waals surface area contributed by atoms with Crippen molar-refractivity contribution in [1.82, 2.24) is 0 Å². The predicted molar refractivity (Wildman–Crippen MR) is 115 cm³/mol. The number of carbonyl (C=O) groups is 2. The molecule has 0 N–H and O–H groups in total. The highest BCUT2D eigenvalue weighted by Gasteiger charge is 2.24. The van der Waals surface area contributed by atoms with E-state index in [-0.39, 0.29) is 11.6 Å². The van der Waals surface area contributed by atoms with Gasteiger partial charge in [0.1, 0.15) is 5.75 Å². The summed E-state index contributed by atoms with van der Waals surface area (Å²) in [5.41, 5.74) is 2.28. The Morgan fingerprint density at radius 3 is 2.30 bits per heavy atom. The maximum absolute atomic E-state index is 12.2. The Morgan fingerprint density at radius 2 is 1.53 bits per heavy atom. The third-order valence-corrected chi connectivity index (χ3v) is 4.27. The lowest BCUT2D eigenvalue weighted by Gasteiger charge is -2.05. The van der Waals surface area contributed by atoms with Crippen molar-refractivity contribution in [3.63, 3.8) is 0 Å². The molecule has 0 aliphatic carbocycles. The van der Waals surface area contributed by atoms with Crippen LogP contribution in [-0.4, -0.2) is 17.8 Å². The molecule has 3 aromatic carbocycles. The van der Waals surface area contributed by atoms with Gasteiger partial charge < -0.3 is 9.47 Å². The maximum Gasteiger partial charge on any atom is 0.363 e. The zero-order valence-corrected chi connectivity index (χ0v) is 15.9. The summed E-state index contributed by atoms with van der Waals surface area (Å²) < 4.78 is 10.7. The topological polar surface area (TPSA) is 65.0 Å². The SMILES string of the molecule is O=C(/C=C/c1ccccc1)Oc1ccccc1/C=C1\N=C(c2ccccc2)OC1=O. The van der Waals surface area contributed by atoms with Crippen molar-refractivity contribution in [3.05, 3.63) is 113 Å². The van der Waals surface area contributed by atoms with E-state index in [0.29, 0.717) is 16.9 Å². The lowest BCUT2D eigenvalue weighted by atomic mass is 10.1. The number of rotatable bonds is 5. The van der Waals surface area contributed by atoms with E-state index in [1.807, 2.05) is 60.7 Å². The molecule has 146 valence electrons. The number of nitrogens with zero attached hydrogens (tertiary/aromatic N) is 1. The van der Waals surface area contributed by atoms with Gasteiger partial charge in [-0.2, -0.15) is 0 Å². The third-order valence-electron chi connectivity index (χ3n) is 4.27. The molecular formula is C25H17NO4. The van der Waals surface area contributed by atoms with E-state index in [0.717, 1.165) is 5.56 Å². The van der Waals surface area contributed by atoms with Gasteiger partial charge in [-0.3, -0.25) is 0 Å². The van der Waals surface area contributed by atoms with Gasteiger partial charge in [-0.25, -0.2) is 14.6 Å². The molecule has 0 atom stereocenters. The predicted octanol–water partition coefficient (Wildman–Crippen LogP) is 4.65. The normalized spacial score (nSPS) is 14.6. The molecule has 0 aromatic heterocycles. The summed E-state index contributed by atoms with van der Waals surface area (Å²) in [6, 6.07) is 25.5. The number of cyclic esters (lactones) is 1. The molecule has 0 radical (unpaired) electrons. The molecule has 5 heteroatoms. The van der Waals surface area contributed by atoms with Crippen molar-refractivity contribution in [1.29, 1.82) is 0 Å². The number of aliphatic imine (C=N–C) groups is 1. The second kappa shape index (κ2) is 8.84. The molecule has 30 heavy (non-hydrogen) atoms. The van der Waals surface area contributed by atoms with Crippen LogP contribution in [0.25, 0.3) is 12.2 Å². The Labute approximate surface area is 173 Å². The highest BCUT2D eigenvalue weighted by atomic mass is 16.6. The van der Waals surface area contributed by atoms with Crippen molar-refractivity contribution >= 4 is 30.0 Å². The number of hydrogen-bond donors (Lipinski definition) is 0. The molecule has 0 bridgehead atoms. The first-order valence-corrected chi connectivity index (χ1v) is 9.31. The molecule has 0 amide bonds. The Bertz CT molecular complexity index is 1160. The standard InChI is InChI=1S/C25H17NO4/c27-23(16-15-18-9-3-1-4-10-18)29-22-14-8-7-13-20(22)17-21-25(28)30-24(26-21)19-11-5-2-6-12-19/h1-17H/b16-15+,21-17-. The van der Waals surface area contributed by atoms with E-state index in [1.165, 1.54) is 6.08 Å². The molecular weight excluding hydrogens is 378 g/mol. The summed E-state index contributed by atoms with van der Waals surface area (Å²) in [7, 11) is 0. The van der Waals surface area contributed by atoms with Gasteiger partial charge >= 0.3 is 11.9 Å². The Hall–Kier alpha value is -4.25. The van der Waals surface area contributed by atoms with Gasteiger partial charge in [-0.15, -0.1) is 0 Å². The van der Waals surface area contributed by atoms with Gasteiger partial charge in [0, 0.05) is 17.2 Å². The fourth-order valence-electron chi connectivity index (χ4n) is 2.82. The van der Waals surface area contributed by atoms with Crippen LogP contribution in [0.15, 0.2) is 102 Å². The van der Waals surface area contributed by atoms with Crippen molar-refractivity contribution in [2.75, 3.05) is 0 Å². The fraction of sp³-hybridized carbons (Fsp3) is 0. The monoisotopic (exact) mass is 395 g/mol. The van der Waals surface area contributed by atoms with Crippen LogP contribution in [0.4, 0.5) is 0 Å². The second-order valence-electron chi connectivity index (χ2n) is 6.41. The average Bonchev–Trinajstić information content (AvgIpc) is 3.15. The Balaban J connectivity index is 1.55. The van der Waals surface area contributed by atoms with Crippen LogP contribution in [0.1, 0.15) is 16.7 Å². The summed E-state index contributed by atoms with van der Waals surface area (Å²) in [6.45, 7) is 0. The molecule has 3 aromatic rings. The van der Waals surface area contributed by atoms with E-state index in [4.69, 9.17) is 9.47 Å². The Morgan fingerprint density at radius 1 is 0.867 bits per heavy atom. The summed E-state index contributed by atoms with van der Waals surface area (Å²) in [6.07, 6.45) is 4.57. The van der Waals surface area contributed by atoms with E-state index in [1.54, 1.807) is 36.4 Å². The molecule has 1 aliphatic rings. The number of para-hydroxylation sites is 1. The summed E-state index contributed by atoms with van der Waals surface area (Å²) >= 11 is 0. The van der Waals surface area contributed by atoms with Crippen molar-refractivity contribution in [3.8, 4) is 5.75 Å². The van der Waals surface area contributed by atoms with Gasteiger partial charge in [-0.1, -0.05) is 66.7 Å². The number of ether oxygens (including phenoxy) is 2. The second-order valence-corrected chi connectivity index (χ2v) is 6.41. The zero-order valence-electron chi connectivity index (χ0n) is 15.9. The molecule has 0 saturated carbocycles. The van der Waals surface area contributed by atoms with Gasteiger partial charge in [-0.05, 0) is 35.9 Å². The van der Waals surface area contributed by atoms with Gasteiger partial charge in [0.2, 0.25) is 5.90 Å². The number of benzene rings is 3. The van der Waals surface area contributed by atoms with Crippen molar-refractivity contribution < 1.29 is 19.1 Å². The highest BCUT2D eigenvalue weighted by molar-refractivity contribution is 6.13. The van der Waals surface area contributed by atoms with E-state index >= 15 is 0 Å². The lowest BCUT2D eigenvalue weighted by Crippen LogP contribution is -2.06. The first-order valence-electron chi connectivity index (χ1n) is 9.31. The van der Waals surface area contributed by atoms with Crippen LogP contribution < -0.4 is 4.74 Å². The maximum atomic E-state index is 12.2. The van der Waals surface area contributed by atoms with Crippen molar-refractivity contribution in [2.45, 2.75) is 0 Å². The Kier molecular flexibility index (Phi) is 5.62. The number of hydrogen-bond acceptors (Lipinski definition) is 5. The van der Waals surface area contributed by atoms with Crippen LogP contribution in [-0.2, 0) is 14.3 Å². The molecule has 1 aliphatic heterocycles. The van der Waals surface area contributed by atoms with E-state index in [9.17, 15) is 9.59 Å². The molecule has 1 heterocycles. The third kappa shape index (κ3) is 4.59. The van der Waals surface area contributed by atoms with Crippen LogP contribution in [0.3, 0.4) is 0 Å². The van der Waals surface area contributed by atoms with Crippen molar-refractivity contribution in [2.24, 2.45) is 4.99 Å². The zero-order chi connectivity index (χ0) is 20.8. The van der Waals surface area contributed by atoms with Crippen LogP contribution in [0.5, 0.6) is 5.75 Å². The minimum Gasteiger partial charge on any atom is -0.423 e. The van der Waals surface area contributed by atoms with Gasteiger partial charge in [0.25, 0.3) is 0 Å². The molecule has 4 rings (SSSR count). The number of esters is 2. The fourth-order valence-corrected chi connectivity index (χ4v) is 2.82. The molecule has 0 fully saturated rings. The van der Waals surface area contributed by atoms with Crippen LogP contribution in [0, 0.1) is 0 Å². The summed E-state index contributed by atoms with van der Waals surface area (Å²) in [4.78, 5) is 28.7. The van der Waals surface area contributed by atoms with Gasteiger partial charge in [0.05, 0.1) is 0 Å². The minimum atomic E-state index is -0.557. The molecule has 5 nitrogen and oxygen atoms in total. The van der Waals surface area contributed by atoms with E-state index < -0.39 is 11.9 Å². The largest absolute Gasteiger partial charge is 0.423 e. The van der Waals surface area contributed by atoms with Crippen LogP contribution >= 0.6 is 0 Å². The molecule has 0 spiro atoms. The summed E-state index contributed by atoms with van der Waals surface area (Å²) in [5, 5.41) is 0. The molecule has 0 unspecified atom stereocenters. The van der Waals surface area contributed by atoms with Gasteiger partial charge in [0.15, 0.2) is 5.70 Å². The first-order chi connectivity index (χ1) is 14.7. The minimum absolute atomic E-state index is 0.136. The quantitative estimate of drug-likeness (QED) is 0.358. The van der Waals surface area contributed by atoms with Crippen LogP contribution in [0.2, 0.25) is 0 Å². The first kappa shape index (κ1) is 19.1. The molecule has 0 saturated heterocycles. The van der Waals surface area contributed by atoms with E-state index in [2.05, 4.69) is 4.99 Å².